The molecule has 1 fully saturated rings. The number of isocyanates is 1. The lowest BCUT2D eigenvalue weighted by atomic mass is 9.94. The largest absolute Gasteiger partial charge is 0.367 e. The molecular weight excluding hydrogens is 302 g/mol. The number of carbonyl (C=O) groups excluding carboxylic acids is 2. The fourth-order valence-electron chi connectivity index (χ4n) is 2.50. The Bertz CT molecular complexity index is 610. The number of nitrogens with zero attached hydrogens (tertiary/aromatic N) is 3. The summed E-state index contributed by atoms with van der Waals surface area (Å²) < 4.78 is 0. The zero-order valence-electron chi connectivity index (χ0n) is 13.1. The normalized spacial score (nSPS) is 15.5. The number of anilines is 1. The van der Waals surface area contributed by atoms with Crippen molar-refractivity contribution >= 4 is 35.0 Å². The van der Waals surface area contributed by atoms with Crippen molar-refractivity contribution < 1.29 is 9.59 Å². The number of hydrogen-bond acceptors (Lipinski definition) is 4. The standard InChI is InChI=1S/C16H20ClN3O2/c1-16(2,3)15(22)20-8-6-19(7-9-20)14-5-4-12(18-11-21)10-13(14)17/h4-5,10H,6-9H2,1-3H3. The number of piperazine rings is 1. The molecule has 0 bridgehead atoms. The smallest absolute Gasteiger partial charge is 0.240 e. The number of carbonyl (C=O) groups is 1. The Labute approximate surface area is 135 Å². The first kappa shape index (κ1) is 16.5. The maximum Gasteiger partial charge on any atom is 0.240 e. The van der Waals surface area contributed by atoms with Gasteiger partial charge in [-0.2, -0.15) is 4.99 Å². The molecule has 1 aromatic rings. The van der Waals surface area contributed by atoms with Gasteiger partial charge in [-0.05, 0) is 18.2 Å². The van der Waals surface area contributed by atoms with E-state index in [0.29, 0.717) is 23.8 Å². The molecule has 1 aliphatic rings. The van der Waals surface area contributed by atoms with E-state index in [-0.39, 0.29) is 11.3 Å². The van der Waals surface area contributed by atoms with Crippen LogP contribution in [0.25, 0.3) is 0 Å². The molecule has 1 aliphatic heterocycles. The van der Waals surface area contributed by atoms with Crippen LogP contribution in [0.1, 0.15) is 20.8 Å². The Morgan fingerprint density at radius 3 is 2.36 bits per heavy atom. The van der Waals surface area contributed by atoms with Crippen LogP contribution in [0.2, 0.25) is 5.02 Å². The Morgan fingerprint density at radius 1 is 1.23 bits per heavy atom. The Balaban J connectivity index is 2.06. The maximum absolute atomic E-state index is 12.3. The predicted molar refractivity (Wildman–Crippen MR) is 87.5 cm³/mol. The third-order valence-corrected chi connectivity index (χ3v) is 3.96. The number of hydrogen-bond donors (Lipinski definition) is 0. The predicted octanol–water partition coefficient (Wildman–Crippen LogP) is 3.00. The number of rotatable bonds is 2. The van der Waals surface area contributed by atoms with Crippen LogP contribution in [0.3, 0.4) is 0 Å². The second kappa shape index (κ2) is 6.51. The number of benzene rings is 1. The van der Waals surface area contributed by atoms with Crippen molar-refractivity contribution in [1.82, 2.24) is 4.90 Å². The monoisotopic (exact) mass is 321 g/mol. The summed E-state index contributed by atoms with van der Waals surface area (Å²) in [5.41, 5.74) is 1.04. The van der Waals surface area contributed by atoms with Crippen molar-refractivity contribution in [2.24, 2.45) is 10.4 Å². The Morgan fingerprint density at radius 2 is 1.86 bits per heavy atom. The summed E-state index contributed by atoms with van der Waals surface area (Å²) in [5, 5.41) is 0.548. The first-order valence-electron chi connectivity index (χ1n) is 7.24. The SMILES string of the molecule is CC(C)(C)C(=O)N1CCN(c2ccc(N=C=O)cc2Cl)CC1. The van der Waals surface area contributed by atoms with Crippen LogP contribution in [0.4, 0.5) is 11.4 Å². The number of aliphatic imine (C=N–C) groups is 1. The van der Waals surface area contributed by atoms with Crippen molar-refractivity contribution in [2.75, 3.05) is 31.1 Å². The summed E-state index contributed by atoms with van der Waals surface area (Å²) in [4.78, 5) is 30.1. The molecule has 0 aromatic heterocycles. The van der Waals surface area contributed by atoms with Crippen LogP contribution in [0.5, 0.6) is 0 Å². The first-order chi connectivity index (χ1) is 10.3. The average molecular weight is 322 g/mol. The molecule has 5 nitrogen and oxygen atoms in total. The molecule has 0 radical (unpaired) electrons. The molecule has 0 saturated carbocycles. The number of amides is 1. The van der Waals surface area contributed by atoms with Gasteiger partial charge in [0.15, 0.2) is 0 Å². The second-order valence-electron chi connectivity index (χ2n) is 6.37. The molecule has 2 rings (SSSR count). The van der Waals surface area contributed by atoms with Gasteiger partial charge in [-0.3, -0.25) is 4.79 Å². The van der Waals surface area contributed by atoms with Gasteiger partial charge in [0.2, 0.25) is 12.0 Å². The van der Waals surface area contributed by atoms with Crippen LogP contribution >= 0.6 is 11.6 Å². The fraction of sp³-hybridized carbons (Fsp3) is 0.500. The van der Waals surface area contributed by atoms with Crippen molar-refractivity contribution in [3.8, 4) is 0 Å². The van der Waals surface area contributed by atoms with Crippen molar-refractivity contribution in [1.29, 1.82) is 0 Å². The highest BCUT2D eigenvalue weighted by atomic mass is 35.5. The molecule has 0 aliphatic carbocycles. The van der Waals surface area contributed by atoms with Crippen molar-refractivity contribution in [2.45, 2.75) is 20.8 Å². The van der Waals surface area contributed by atoms with Crippen LogP contribution in [-0.2, 0) is 9.59 Å². The molecule has 0 unspecified atom stereocenters. The minimum Gasteiger partial charge on any atom is -0.367 e. The third-order valence-electron chi connectivity index (χ3n) is 3.66. The maximum atomic E-state index is 12.3. The van der Waals surface area contributed by atoms with Crippen LogP contribution < -0.4 is 4.90 Å². The summed E-state index contributed by atoms with van der Waals surface area (Å²) in [6.07, 6.45) is 1.50. The molecule has 1 saturated heterocycles. The van der Waals surface area contributed by atoms with E-state index in [4.69, 9.17) is 11.6 Å². The Hall–Kier alpha value is -1.84. The van der Waals surface area contributed by atoms with Gasteiger partial charge < -0.3 is 9.80 Å². The van der Waals surface area contributed by atoms with Crippen LogP contribution in [0.15, 0.2) is 23.2 Å². The van der Waals surface area contributed by atoms with Gasteiger partial charge in [0.1, 0.15) is 0 Å². The molecule has 6 heteroatoms. The van der Waals surface area contributed by atoms with E-state index in [0.717, 1.165) is 18.8 Å². The summed E-state index contributed by atoms with van der Waals surface area (Å²) in [7, 11) is 0. The van der Waals surface area contributed by atoms with E-state index in [1.165, 1.54) is 6.08 Å². The van der Waals surface area contributed by atoms with E-state index in [2.05, 4.69) is 9.89 Å². The van der Waals surface area contributed by atoms with Crippen molar-refractivity contribution in [3.05, 3.63) is 23.2 Å². The zero-order valence-corrected chi connectivity index (χ0v) is 13.9. The lowest BCUT2D eigenvalue weighted by Crippen LogP contribution is -2.51. The highest BCUT2D eigenvalue weighted by Gasteiger charge is 2.30. The summed E-state index contributed by atoms with van der Waals surface area (Å²) in [6, 6.07) is 5.23. The molecule has 0 atom stereocenters. The topological polar surface area (TPSA) is 53.0 Å². The minimum absolute atomic E-state index is 0.175. The molecule has 118 valence electrons. The lowest BCUT2D eigenvalue weighted by molar-refractivity contribution is -0.139. The van der Waals surface area contributed by atoms with Gasteiger partial charge in [-0.1, -0.05) is 32.4 Å². The van der Waals surface area contributed by atoms with Gasteiger partial charge in [0.25, 0.3) is 0 Å². The summed E-state index contributed by atoms with van der Waals surface area (Å²) in [6.45, 7) is 8.64. The van der Waals surface area contributed by atoms with Gasteiger partial charge in [0, 0.05) is 31.6 Å². The highest BCUT2D eigenvalue weighted by molar-refractivity contribution is 6.33. The van der Waals surface area contributed by atoms with E-state index in [1.807, 2.05) is 31.7 Å². The van der Waals surface area contributed by atoms with E-state index >= 15 is 0 Å². The second-order valence-corrected chi connectivity index (χ2v) is 6.78. The van der Waals surface area contributed by atoms with Crippen LogP contribution in [0, 0.1) is 5.41 Å². The molecule has 1 heterocycles. The Kier molecular flexibility index (Phi) is 4.89. The van der Waals surface area contributed by atoms with E-state index in [1.54, 1.807) is 12.1 Å². The van der Waals surface area contributed by atoms with Gasteiger partial charge in [-0.25, -0.2) is 4.79 Å². The van der Waals surface area contributed by atoms with Gasteiger partial charge in [-0.15, -0.1) is 0 Å². The lowest BCUT2D eigenvalue weighted by Gasteiger charge is -2.39. The molecule has 0 spiro atoms. The van der Waals surface area contributed by atoms with Gasteiger partial charge >= 0.3 is 0 Å². The highest BCUT2D eigenvalue weighted by Crippen LogP contribution is 2.31. The molecule has 1 aromatic carbocycles. The van der Waals surface area contributed by atoms with Crippen molar-refractivity contribution in [3.63, 3.8) is 0 Å². The number of halogens is 1. The molecule has 22 heavy (non-hydrogen) atoms. The molecule has 0 N–H and O–H groups in total. The first-order valence-corrected chi connectivity index (χ1v) is 7.62. The average Bonchev–Trinajstić information content (AvgIpc) is 2.46. The summed E-state index contributed by atoms with van der Waals surface area (Å²) in [5.74, 6) is 0.175. The minimum atomic E-state index is -0.353. The molecular formula is C16H20ClN3O2. The third kappa shape index (κ3) is 3.67. The quantitative estimate of drug-likeness (QED) is 0.621. The van der Waals surface area contributed by atoms with E-state index < -0.39 is 0 Å². The van der Waals surface area contributed by atoms with E-state index in [9.17, 15) is 9.59 Å². The van der Waals surface area contributed by atoms with Gasteiger partial charge in [0.05, 0.1) is 16.4 Å². The van der Waals surface area contributed by atoms with Crippen LogP contribution in [-0.4, -0.2) is 43.1 Å². The summed E-state index contributed by atoms with van der Waals surface area (Å²) >= 11 is 6.26. The zero-order chi connectivity index (χ0) is 16.3. The fourth-order valence-corrected chi connectivity index (χ4v) is 2.79. The molecule has 1 amide bonds.